The van der Waals surface area contributed by atoms with Gasteiger partial charge in [0.2, 0.25) is 0 Å². The van der Waals surface area contributed by atoms with Gasteiger partial charge < -0.3 is 0 Å². The number of rotatable bonds is 1. The molecule has 0 fully saturated rings. The third-order valence-corrected chi connectivity index (χ3v) is 4.39. The first kappa shape index (κ1) is 11.8. The van der Waals surface area contributed by atoms with Crippen molar-refractivity contribution < 1.29 is 0 Å². The summed E-state index contributed by atoms with van der Waals surface area (Å²) in [5.41, 5.74) is 3.69. The van der Waals surface area contributed by atoms with Crippen LogP contribution in [0.25, 0.3) is 27.5 Å². The van der Waals surface area contributed by atoms with Crippen molar-refractivity contribution in [3.8, 4) is 5.69 Å². The SMILES string of the molecule is [Se]c1cccc2c1c1ccccc1n2-c1ccccc1. The summed E-state index contributed by atoms with van der Waals surface area (Å²) < 4.78 is 3.53. The van der Waals surface area contributed by atoms with Crippen LogP contribution in [-0.4, -0.2) is 20.6 Å². The molecule has 4 rings (SSSR count). The summed E-state index contributed by atoms with van der Waals surface area (Å²) in [6.45, 7) is 0. The van der Waals surface area contributed by atoms with E-state index >= 15 is 0 Å². The fourth-order valence-corrected chi connectivity index (χ4v) is 3.46. The van der Waals surface area contributed by atoms with E-state index in [1.54, 1.807) is 0 Å². The molecular weight excluding hydrogens is 309 g/mol. The van der Waals surface area contributed by atoms with Crippen molar-refractivity contribution in [2.24, 2.45) is 0 Å². The Morgan fingerprint density at radius 2 is 1.35 bits per heavy atom. The Hall–Kier alpha value is -2.02. The van der Waals surface area contributed by atoms with Crippen LogP contribution < -0.4 is 4.46 Å². The molecule has 95 valence electrons. The van der Waals surface area contributed by atoms with E-state index in [4.69, 9.17) is 0 Å². The Labute approximate surface area is 125 Å². The molecule has 1 radical (unpaired) electrons. The summed E-state index contributed by atoms with van der Waals surface area (Å²) in [7, 11) is 0. The van der Waals surface area contributed by atoms with Gasteiger partial charge in [0.25, 0.3) is 0 Å². The average molecular weight is 321 g/mol. The Morgan fingerprint density at radius 1 is 0.650 bits per heavy atom. The molecule has 0 amide bonds. The van der Waals surface area contributed by atoms with Gasteiger partial charge in [-0.15, -0.1) is 0 Å². The molecule has 1 nitrogen and oxygen atoms in total. The Bertz CT molecular complexity index is 907. The molecule has 0 atom stereocenters. The van der Waals surface area contributed by atoms with Crippen LogP contribution in [0.3, 0.4) is 0 Å². The van der Waals surface area contributed by atoms with E-state index in [0.717, 1.165) is 0 Å². The molecule has 3 aromatic carbocycles. The number of hydrogen-bond donors (Lipinski definition) is 0. The third kappa shape index (κ3) is 1.62. The molecule has 1 aromatic heterocycles. The molecule has 0 aliphatic heterocycles. The second kappa shape index (κ2) is 4.52. The van der Waals surface area contributed by atoms with Crippen molar-refractivity contribution in [1.82, 2.24) is 4.57 Å². The van der Waals surface area contributed by atoms with E-state index < -0.39 is 0 Å². The zero-order valence-corrected chi connectivity index (χ0v) is 12.5. The molecule has 0 saturated heterocycles. The van der Waals surface area contributed by atoms with Gasteiger partial charge in [-0.1, -0.05) is 0 Å². The van der Waals surface area contributed by atoms with Crippen LogP contribution in [0.2, 0.25) is 0 Å². The van der Waals surface area contributed by atoms with Crippen molar-refractivity contribution in [2.75, 3.05) is 0 Å². The summed E-state index contributed by atoms with van der Waals surface area (Å²) in [6, 6.07) is 25.5. The van der Waals surface area contributed by atoms with E-state index in [2.05, 4.69) is 93.4 Å². The van der Waals surface area contributed by atoms with Gasteiger partial charge in [0.05, 0.1) is 0 Å². The van der Waals surface area contributed by atoms with Crippen molar-refractivity contribution in [1.29, 1.82) is 0 Å². The molecule has 0 aliphatic carbocycles. The van der Waals surface area contributed by atoms with Gasteiger partial charge in [0.1, 0.15) is 0 Å². The first-order chi connectivity index (χ1) is 9.86. The van der Waals surface area contributed by atoms with Crippen molar-refractivity contribution in [3.05, 3.63) is 72.8 Å². The van der Waals surface area contributed by atoms with E-state index in [1.807, 2.05) is 0 Å². The number of benzene rings is 3. The van der Waals surface area contributed by atoms with Gasteiger partial charge in [-0.2, -0.15) is 0 Å². The Kier molecular flexibility index (Phi) is 2.66. The van der Waals surface area contributed by atoms with Crippen molar-refractivity contribution in [3.63, 3.8) is 0 Å². The number of aromatic nitrogens is 1. The van der Waals surface area contributed by atoms with Crippen LogP contribution >= 0.6 is 0 Å². The van der Waals surface area contributed by atoms with Gasteiger partial charge in [-0.25, -0.2) is 0 Å². The van der Waals surface area contributed by atoms with Crippen molar-refractivity contribution >= 4 is 42.3 Å². The minimum atomic E-state index is 1.20. The molecule has 0 N–H and O–H groups in total. The standard InChI is InChI=1S/C18H12NSe/c20-17-12-6-11-16-18(17)14-9-4-5-10-15(14)19(16)13-7-2-1-3-8-13/h1-12H. The molecule has 20 heavy (non-hydrogen) atoms. The van der Waals surface area contributed by atoms with Crippen LogP contribution in [0, 0.1) is 0 Å². The van der Waals surface area contributed by atoms with Crippen LogP contribution in [0.15, 0.2) is 72.8 Å². The second-order valence-corrected chi connectivity index (χ2v) is 5.76. The summed E-state index contributed by atoms with van der Waals surface area (Å²) in [6.07, 6.45) is 0. The predicted molar refractivity (Wildman–Crippen MR) is 86.2 cm³/mol. The quantitative estimate of drug-likeness (QED) is 0.472. The minimum absolute atomic E-state index is 1.20. The van der Waals surface area contributed by atoms with Gasteiger partial charge in [0.15, 0.2) is 0 Å². The van der Waals surface area contributed by atoms with Gasteiger partial charge in [-0.05, 0) is 0 Å². The van der Waals surface area contributed by atoms with Crippen molar-refractivity contribution in [2.45, 2.75) is 0 Å². The number of para-hydroxylation sites is 2. The summed E-state index contributed by atoms with van der Waals surface area (Å²) in [4.78, 5) is 0. The topological polar surface area (TPSA) is 4.93 Å². The van der Waals surface area contributed by atoms with Gasteiger partial charge in [0, 0.05) is 0 Å². The molecule has 0 unspecified atom stereocenters. The maximum absolute atomic E-state index is 3.19. The zero-order valence-electron chi connectivity index (χ0n) is 10.8. The average Bonchev–Trinajstić information content (AvgIpc) is 2.84. The summed E-state index contributed by atoms with van der Waals surface area (Å²) in [5.74, 6) is 0. The Balaban J connectivity index is 2.26. The third-order valence-electron chi connectivity index (χ3n) is 3.67. The Morgan fingerprint density at radius 3 is 2.20 bits per heavy atom. The number of fused-ring (bicyclic) bond motifs is 3. The van der Waals surface area contributed by atoms with Crippen LogP contribution in [0.5, 0.6) is 0 Å². The van der Waals surface area contributed by atoms with E-state index in [0.29, 0.717) is 0 Å². The zero-order chi connectivity index (χ0) is 13.5. The molecule has 0 saturated carbocycles. The molecule has 1 heterocycles. The van der Waals surface area contributed by atoms with Crippen LogP contribution in [-0.2, 0) is 0 Å². The molecule has 2 heteroatoms. The maximum atomic E-state index is 3.19. The molecule has 0 bridgehead atoms. The van der Waals surface area contributed by atoms with E-state index in [1.165, 1.54) is 32.0 Å². The summed E-state index contributed by atoms with van der Waals surface area (Å²) in [5, 5.41) is 2.59. The van der Waals surface area contributed by atoms with E-state index in [-0.39, 0.29) is 0 Å². The fourth-order valence-electron chi connectivity index (χ4n) is 2.84. The molecular formula is C18H12NSe. The van der Waals surface area contributed by atoms with E-state index in [9.17, 15) is 0 Å². The molecule has 0 aliphatic rings. The predicted octanol–water partition coefficient (Wildman–Crippen LogP) is 3.58. The normalized spacial score (nSPS) is 11.2. The molecule has 0 spiro atoms. The summed E-state index contributed by atoms with van der Waals surface area (Å²) >= 11 is 3.19. The van der Waals surface area contributed by atoms with Crippen LogP contribution in [0.1, 0.15) is 0 Å². The van der Waals surface area contributed by atoms with Gasteiger partial charge >= 0.3 is 125 Å². The monoisotopic (exact) mass is 322 g/mol. The first-order valence-electron chi connectivity index (χ1n) is 6.61. The number of nitrogens with zero attached hydrogens (tertiary/aromatic N) is 1. The number of hydrogen-bond acceptors (Lipinski definition) is 0. The fraction of sp³-hybridized carbons (Fsp3) is 0. The van der Waals surface area contributed by atoms with Gasteiger partial charge in [-0.3, -0.25) is 0 Å². The first-order valence-corrected chi connectivity index (χ1v) is 7.46. The second-order valence-electron chi connectivity index (χ2n) is 4.84. The molecule has 4 aromatic rings. The van der Waals surface area contributed by atoms with Crippen LogP contribution in [0.4, 0.5) is 0 Å².